The average Bonchev–Trinajstić information content (AvgIpc) is 2.34. The third kappa shape index (κ3) is 4.99. The Morgan fingerprint density at radius 2 is 2.00 bits per heavy atom. The van der Waals surface area contributed by atoms with Gasteiger partial charge in [0.2, 0.25) is 0 Å². The number of hydrogen-bond acceptors (Lipinski definition) is 3. The molecule has 0 spiro atoms. The zero-order chi connectivity index (χ0) is 13.4. The first-order chi connectivity index (χ1) is 8.69. The predicted molar refractivity (Wildman–Crippen MR) is 79.8 cm³/mol. The van der Waals surface area contributed by atoms with E-state index in [0.717, 1.165) is 33.3 Å². The minimum Gasteiger partial charge on any atom is -0.479 e. The topological polar surface area (TPSA) is 30.5 Å². The Balaban J connectivity index is 2.64. The number of hydrogen-bond donors (Lipinski definition) is 1. The van der Waals surface area contributed by atoms with Gasteiger partial charge in [-0.2, -0.15) is 0 Å². The average molecular weight is 377 g/mol. The maximum absolute atomic E-state index is 5.44. The zero-order valence-electron chi connectivity index (χ0n) is 10.1. The molecule has 0 saturated heterocycles. The number of benzene rings is 1. The molecule has 0 amide bonds. The van der Waals surface area contributed by atoms with Crippen LogP contribution in [-0.2, 0) is 11.3 Å². The molecule has 18 heavy (non-hydrogen) atoms. The Morgan fingerprint density at radius 3 is 2.56 bits per heavy atom. The molecular formula is C13H15Br2NO2. The molecule has 98 valence electrons. The monoisotopic (exact) mass is 375 g/mol. The fraction of sp³-hybridized carbons (Fsp3) is 0.385. The van der Waals surface area contributed by atoms with Crippen LogP contribution in [0, 0.1) is 12.3 Å². The molecule has 3 nitrogen and oxygen atoms in total. The summed E-state index contributed by atoms with van der Waals surface area (Å²) in [6.45, 7) is 2.55. The second-order valence-corrected chi connectivity index (χ2v) is 5.26. The van der Waals surface area contributed by atoms with Crippen molar-refractivity contribution in [2.24, 2.45) is 0 Å². The standard InChI is InChI=1S/C13H15Br2NO2/c1-3-5-18-13-11(14)7-10(8-12(13)15)9-16-4-6-17-2/h1,7-8,16H,4-6,9H2,2H3. The maximum atomic E-state index is 5.44. The lowest BCUT2D eigenvalue weighted by molar-refractivity contribution is 0.199. The van der Waals surface area contributed by atoms with Crippen molar-refractivity contribution in [3.8, 4) is 18.1 Å². The molecule has 0 aliphatic carbocycles. The Hall–Kier alpha value is -0.540. The van der Waals surface area contributed by atoms with Crippen LogP contribution in [0.4, 0.5) is 0 Å². The molecule has 0 aromatic heterocycles. The highest BCUT2D eigenvalue weighted by Crippen LogP contribution is 2.34. The molecule has 1 N–H and O–H groups in total. The molecule has 0 aliphatic rings. The first kappa shape index (κ1) is 15.5. The molecule has 0 unspecified atom stereocenters. The van der Waals surface area contributed by atoms with Gasteiger partial charge in [-0.25, -0.2) is 0 Å². The van der Waals surface area contributed by atoms with Gasteiger partial charge in [0, 0.05) is 20.2 Å². The smallest absolute Gasteiger partial charge is 0.149 e. The van der Waals surface area contributed by atoms with Gasteiger partial charge in [0.15, 0.2) is 0 Å². The van der Waals surface area contributed by atoms with Crippen LogP contribution < -0.4 is 10.1 Å². The van der Waals surface area contributed by atoms with Gasteiger partial charge in [-0.3, -0.25) is 0 Å². The Labute approximate surface area is 124 Å². The van der Waals surface area contributed by atoms with Crippen molar-refractivity contribution >= 4 is 31.9 Å². The number of ether oxygens (including phenoxy) is 2. The van der Waals surface area contributed by atoms with Gasteiger partial charge in [0.1, 0.15) is 12.4 Å². The summed E-state index contributed by atoms with van der Waals surface area (Å²) in [6.07, 6.45) is 5.17. The molecular weight excluding hydrogens is 362 g/mol. The van der Waals surface area contributed by atoms with Crippen molar-refractivity contribution in [3.05, 3.63) is 26.6 Å². The fourth-order valence-electron chi connectivity index (χ4n) is 1.37. The third-order valence-corrected chi connectivity index (χ3v) is 3.35. The molecule has 1 rings (SSSR count). The van der Waals surface area contributed by atoms with Crippen LogP contribution in [0.5, 0.6) is 5.75 Å². The second kappa shape index (κ2) is 8.54. The summed E-state index contributed by atoms with van der Waals surface area (Å²) in [7, 11) is 1.69. The molecule has 0 fully saturated rings. The number of nitrogens with one attached hydrogen (secondary N) is 1. The van der Waals surface area contributed by atoms with Crippen molar-refractivity contribution in [1.82, 2.24) is 5.32 Å². The predicted octanol–water partition coefficient (Wildman–Crippen LogP) is 2.96. The molecule has 0 saturated carbocycles. The summed E-state index contributed by atoms with van der Waals surface area (Å²) in [6, 6.07) is 4.02. The SMILES string of the molecule is C#CCOc1c(Br)cc(CNCCOC)cc1Br. The van der Waals surface area contributed by atoms with Gasteiger partial charge in [0.25, 0.3) is 0 Å². The van der Waals surface area contributed by atoms with Gasteiger partial charge in [-0.15, -0.1) is 6.42 Å². The van der Waals surface area contributed by atoms with E-state index >= 15 is 0 Å². The van der Waals surface area contributed by atoms with Gasteiger partial charge in [-0.1, -0.05) is 5.92 Å². The summed E-state index contributed by atoms with van der Waals surface area (Å²) in [5.74, 6) is 3.17. The van der Waals surface area contributed by atoms with E-state index in [1.807, 2.05) is 12.1 Å². The van der Waals surface area contributed by atoms with Crippen molar-refractivity contribution < 1.29 is 9.47 Å². The van der Waals surface area contributed by atoms with Crippen LogP contribution in [0.2, 0.25) is 0 Å². The van der Waals surface area contributed by atoms with E-state index in [2.05, 4.69) is 43.1 Å². The molecule has 0 radical (unpaired) electrons. The summed E-state index contributed by atoms with van der Waals surface area (Å²) < 4.78 is 12.2. The highest BCUT2D eigenvalue weighted by molar-refractivity contribution is 9.11. The van der Waals surface area contributed by atoms with E-state index in [4.69, 9.17) is 15.9 Å². The van der Waals surface area contributed by atoms with Crippen LogP contribution in [0.3, 0.4) is 0 Å². The van der Waals surface area contributed by atoms with Gasteiger partial charge >= 0.3 is 0 Å². The van der Waals surface area contributed by atoms with E-state index in [1.165, 1.54) is 0 Å². The lowest BCUT2D eigenvalue weighted by Gasteiger charge is -2.11. The Bertz CT molecular complexity index is 406. The quantitative estimate of drug-likeness (QED) is 0.586. The third-order valence-electron chi connectivity index (χ3n) is 2.17. The fourth-order valence-corrected chi connectivity index (χ4v) is 2.88. The zero-order valence-corrected chi connectivity index (χ0v) is 13.3. The number of terminal acetylenes is 1. The van der Waals surface area contributed by atoms with E-state index < -0.39 is 0 Å². The molecule has 0 heterocycles. The maximum Gasteiger partial charge on any atom is 0.149 e. The molecule has 5 heteroatoms. The largest absolute Gasteiger partial charge is 0.479 e. The van der Waals surface area contributed by atoms with Crippen LogP contribution in [0.1, 0.15) is 5.56 Å². The summed E-state index contributed by atoms with van der Waals surface area (Å²) >= 11 is 6.95. The highest BCUT2D eigenvalue weighted by atomic mass is 79.9. The summed E-state index contributed by atoms with van der Waals surface area (Å²) in [5, 5.41) is 3.28. The van der Waals surface area contributed by atoms with E-state index in [0.29, 0.717) is 6.61 Å². The van der Waals surface area contributed by atoms with Crippen molar-refractivity contribution in [2.75, 3.05) is 26.9 Å². The van der Waals surface area contributed by atoms with Crippen molar-refractivity contribution in [1.29, 1.82) is 0 Å². The van der Waals surface area contributed by atoms with Gasteiger partial charge < -0.3 is 14.8 Å². The normalized spacial score (nSPS) is 10.1. The van der Waals surface area contributed by atoms with Crippen LogP contribution in [0.15, 0.2) is 21.1 Å². The Morgan fingerprint density at radius 1 is 1.33 bits per heavy atom. The minimum absolute atomic E-state index is 0.253. The number of halogens is 2. The van der Waals surface area contributed by atoms with E-state index in [-0.39, 0.29) is 6.61 Å². The van der Waals surface area contributed by atoms with Crippen LogP contribution in [0.25, 0.3) is 0 Å². The second-order valence-electron chi connectivity index (χ2n) is 3.55. The van der Waals surface area contributed by atoms with Crippen LogP contribution in [-0.4, -0.2) is 26.9 Å². The number of rotatable bonds is 7. The van der Waals surface area contributed by atoms with Gasteiger partial charge in [-0.05, 0) is 49.6 Å². The van der Waals surface area contributed by atoms with Gasteiger partial charge in [0.05, 0.1) is 15.6 Å². The molecule has 1 aromatic carbocycles. The summed E-state index contributed by atoms with van der Waals surface area (Å²) in [4.78, 5) is 0. The highest BCUT2D eigenvalue weighted by Gasteiger charge is 2.08. The molecule has 0 aliphatic heterocycles. The van der Waals surface area contributed by atoms with Crippen molar-refractivity contribution in [2.45, 2.75) is 6.54 Å². The molecule has 1 aromatic rings. The summed E-state index contributed by atoms with van der Waals surface area (Å²) in [5.41, 5.74) is 1.15. The van der Waals surface area contributed by atoms with Crippen LogP contribution >= 0.6 is 31.9 Å². The minimum atomic E-state index is 0.253. The molecule has 0 atom stereocenters. The van der Waals surface area contributed by atoms with E-state index in [9.17, 15) is 0 Å². The lowest BCUT2D eigenvalue weighted by atomic mass is 10.2. The number of methoxy groups -OCH3 is 1. The lowest BCUT2D eigenvalue weighted by Crippen LogP contribution is -2.18. The molecule has 0 bridgehead atoms. The van der Waals surface area contributed by atoms with Crippen molar-refractivity contribution in [3.63, 3.8) is 0 Å². The first-order valence-electron chi connectivity index (χ1n) is 5.43. The Kier molecular flexibility index (Phi) is 7.36. The van der Waals surface area contributed by atoms with E-state index in [1.54, 1.807) is 7.11 Å². The first-order valence-corrected chi connectivity index (χ1v) is 7.01.